The molecule has 0 fully saturated rings. The fourth-order valence-corrected chi connectivity index (χ4v) is 3.44. The largest absolute Gasteiger partial charge is 0.487 e. The number of nitrogens with one attached hydrogen (secondary N) is 1. The molecule has 2 aromatic heterocycles. The number of ether oxygens (including phenoxy) is 1. The van der Waals surface area contributed by atoms with Crippen molar-refractivity contribution >= 4 is 10.9 Å². The van der Waals surface area contributed by atoms with Gasteiger partial charge in [-0.05, 0) is 48.1 Å². The minimum absolute atomic E-state index is 0.456. The van der Waals surface area contributed by atoms with Crippen molar-refractivity contribution in [3.8, 4) is 5.75 Å². The summed E-state index contributed by atoms with van der Waals surface area (Å²) >= 11 is 0. The Kier molecular flexibility index (Phi) is 5.79. The van der Waals surface area contributed by atoms with Gasteiger partial charge >= 0.3 is 0 Å². The van der Waals surface area contributed by atoms with Crippen molar-refractivity contribution < 1.29 is 4.74 Å². The van der Waals surface area contributed by atoms with Crippen molar-refractivity contribution in [1.29, 1.82) is 0 Å². The van der Waals surface area contributed by atoms with Crippen LogP contribution in [0.25, 0.3) is 10.9 Å². The second-order valence-corrected chi connectivity index (χ2v) is 7.62. The van der Waals surface area contributed by atoms with Gasteiger partial charge in [-0.3, -0.25) is 0 Å². The summed E-state index contributed by atoms with van der Waals surface area (Å²) in [7, 11) is 0. The van der Waals surface area contributed by atoms with Gasteiger partial charge in [0.25, 0.3) is 0 Å². The monoisotopic (exact) mass is 387 g/mol. The van der Waals surface area contributed by atoms with Crippen molar-refractivity contribution in [1.82, 2.24) is 25.6 Å². The third kappa shape index (κ3) is 4.96. The number of tetrazole rings is 1. The fourth-order valence-electron chi connectivity index (χ4n) is 3.44. The molecule has 0 amide bonds. The van der Waals surface area contributed by atoms with Crippen LogP contribution in [0.5, 0.6) is 5.75 Å². The van der Waals surface area contributed by atoms with Crippen LogP contribution in [0.15, 0.2) is 60.7 Å². The molecule has 2 heterocycles. The minimum Gasteiger partial charge on any atom is -0.487 e. The second-order valence-electron chi connectivity index (χ2n) is 7.62. The Morgan fingerprint density at radius 2 is 1.79 bits per heavy atom. The lowest BCUT2D eigenvalue weighted by Gasteiger charge is -2.19. The van der Waals surface area contributed by atoms with Crippen molar-refractivity contribution in [3.63, 3.8) is 0 Å². The van der Waals surface area contributed by atoms with Gasteiger partial charge in [0, 0.05) is 11.8 Å². The predicted octanol–water partition coefficient (Wildman–Crippen LogP) is 4.38. The molecule has 4 aromatic rings. The molecule has 0 radical (unpaired) electrons. The molecule has 29 heavy (non-hydrogen) atoms. The van der Waals surface area contributed by atoms with Gasteiger partial charge in [0.1, 0.15) is 12.4 Å². The molecular weight excluding hydrogens is 362 g/mol. The zero-order valence-corrected chi connectivity index (χ0v) is 16.7. The summed E-state index contributed by atoms with van der Waals surface area (Å²) in [6.45, 7) is 4.95. The number of para-hydroxylation sites is 1. The van der Waals surface area contributed by atoms with Gasteiger partial charge < -0.3 is 4.74 Å². The number of H-pyrrole nitrogens is 1. The molecule has 2 atom stereocenters. The van der Waals surface area contributed by atoms with Crippen LogP contribution in [-0.4, -0.2) is 25.6 Å². The number of aromatic amines is 1. The molecule has 2 aromatic carbocycles. The molecular formula is C23H25N5O. The van der Waals surface area contributed by atoms with Gasteiger partial charge in [-0.1, -0.05) is 55.5 Å². The van der Waals surface area contributed by atoms with Crippen LogP contribution in [0.3, 0.4) is 0 Å². The first kappa shape index (κ1) is 19.1. The first-order chi connectivity index (χ1) is 14.2. The van der Waals surface area contributed by atoms with Crippen LogP contribution in [0.4, 0.5) is 0 Å². The third-order valence-corrected chi connectivity index (χ3v) is 5.36. The van der Waals surface area contributed by atoms with Crippen LogP contribution < -0.4 is 4.74 Å². The average molecular weight is 387 g/mol. The number of benzene rings is 2. The minimum atomic E-state index is 0.456. The molecule has 2 unspecified atom stereocenters. The normalized spacial score (nSPS) is 13.3. The number of fused-ring (bicyclic) bond motifs is 1. The predicted molar refractivity (Wildman–Crippen MR) is 112 cm³/mol. The Morgan fingerprint density at radius 3 is 2.66 bits per heavy atom. The van der Waals surface area contributed by atoms with Crippen LogP contribution >= 0.6 is 0 Å². The number of aromatic nitrogens is 5. The summed E-state index contributed by atoms with van der Waals surface area (Å²) in [6.07, 6.45) is 1.80. The van der Waals surface area contributed by atoms with E-state index in [9.17, 15) is 0 Å². The van der Waals surface area contributed by atoms with Gasteiger partial charge in [-0.15, -0.1) is 10.2 Å². The number of hydrogen-bond donors (Lipinski definition) is 1. The molecule has 6 heteroatoms. The lowest BCUT2D eigenvalue weighted by atomic mass is 9.87. The van der Waals surface area contributed by atoms with Crippen LogP contribution in [-0.2, 0) is 19.4 Å². The Labute approximate surface area is 170 Å². The zero-order valence-electron chi connectivity index (χ0n) is 16.7. The summed E-state index contributed by atoms with van der Waals surface area (Å²) in [5.41, 5.74) is 3.18. The molecule has 0 aliphatic heterocycles. The highest BCUT2D eigenvalue weighted by atomic mass is 16.5. The molecule has 148 valence electrons. The van der Waals surface area contributed by atoms with E-state index in [0.29, 0.717) is 18.4 Å². The summed E-state index contributed by atoms with van der Waals surface area (Å²) in [5.74, 6) is 2.59. The van der Waals surface area contributed by atoms with E-state index in [2.05, 4.69) is 69.8 Å². The number of nitrogens with zero attached hydrogens (tertiary/aromatic N) is 4. The maximum Gasteiger partial charge on any atom is 0.174 e. The van der Waals surface area contributed by atoms with Gasteiger partial charge in [0.15, 0.2) is 5.82 Å². The fraction of sp³-hybridized carbons (Fsp3) is 0.304. The molecule has 0 saturated carbocycles. The number of rotatable bonds is 8. The Morgan fingerprint density at radius 1 is 0.931 bits per heavy atom. The summed E-state index contributed by atoms with van der Waals surface area (Å²) in [5, 5.41) is 15.4. The molecule has 1 N–H and O–H groups in total. The van der Waals surface area contributed by atoms with Crippen LogP contribution in [0.1, 0.15) is 30.9 Å². The maximum atomic E-state index is 6.01. The smallest absolute Gasteiger partial charge is 0.174 e. The van der Waals surface area contributed by atoms with E-state index in [1.807, 2.05) is 30.3 Å². The summed E-state index contributed by atoms with van der Waals surface area (Å²) in [4.78, 5) is 4.68. The lowest BCUT2D eigenvalue weighted by molar-refractivity contribution is 0.301. The highest BCUT2D eigenvalue weighted by Crippen LogP contribution is 2.23. The van der Waals surface area contributed by atoms with E-state index in [1.165, 1.54) is 5.56 Å². The van der Waals surface area contributed by atoms with E-state index in [1.54, 1.807) is 0 Å². The van der Waals surface area contributed by atoms with Gasteiger partial charge in [0.05, 0.1) is 11.2 Å². The van der Waals surface area contributed by atoms with Gasteiger partial charge in [-0.2, -0.15) is 5.21 Å². The quantitative estimate of drug-likeness (QED) is 0.485. The maximum absolute atomic E-state index is 6.01. The molecule has 4 rings (SSSR count). The summed E-state index contributed by atoms with van der Waals surface area (Å²) in [6, 6.07) is 20.6. The highest BCUT2D eigenvalue weighted by Gasteiger charge is 2.16. The molecule has 0 spiro atoms. The van der Waals surface area contributed by atoms with Crippen molar-refractivity contribution in [3.05, 3.63) is 77.7 Å². The Bertz CT molecular complexity index is 1060. The van der Waals surface area contributed by atoms with Crippen LogP contribution in [0.2, 0.25) is 0 Å². The van der Waals surface area contributed by atoms with E-state index >= 15 is 0 Å². The lowest BCUT2D eigenvalue weighted by Crippen LogP contribution is -2.14. The molecule has 0 aliphatic carbocycles. The van der Waals surface area contributed by atoms with E-state index in [0.717, 1.165) is 41.0 Å². The van der Waals surface area contributed by atoms with E-state index in [4.69, 9.17) is 4.74 Å². The van der Waals surface area contributed by atoms with Crippen molar-refractivity contribution in [2.24, 2.45) is 11.8 Å². The van der Waals surface area contributed by atoms with Crippen LogP contribution in [0, 0.1) is 11.8 Å². The van der Waals surface area contributed by atoms with Gasteiger partial charge in [0.2, 0.25) is 0 Å². The van der Waals surface area contributed by atoms with Crippen molar-refractivity contribution in [2.45, 2.75) is 33.3 Å². The SMILES string of the molecule is CC(Cc1cccc(OCc2ccc3ccccc3n2)c1)C(C)Cc1nn[nH]n1. The average Bonchev–Trinajstić information content (AvgIpc) is 3.25. The first-order valence-corrected chi connectivity index (χ1v) is 9.96. The summed E-state index contributed by atoms with van der Waals surface area (Å²) < 4.78 is 6.01. The second kappa shape index (κ2) is 8.82. The Hall–Kier alpha value is -3.28. The number of hydrogen-bond acceptors (Lipinski definition) is 5. The molecule has 0 aliphatic rings. The standard InChI is InChI=1S/C23H25N5O/c1-16(17(2)13-23-25-27-28-26-23)12-18-6-5-8-21(14-18)29-15-20-11-10-19-7-3-4-9-22(19)24-20/h3-11,14,16-17H,12-13,15H2,1-2H3,(H,25,26,27,28). The molecule has 6 nitrogen and oxygen atoms in total. The molecule has 0 saturated heterocycles. The number of pyridine rings is 1. The first-order valence-electron chi connectivity index (χ1n) is 9.96. The van der Waals surface area contributed by atoms with Gasteiger partial charge in [-0.25, -0.2) is 4.98 Å². The Balaban J connectivity index is 1.36. The van der Waals surface area contributed by atoms with Crippen molar-refractivity contribution in [2.75, 3.05) is 0 Å². The zero-order chi connectivity index (χ0) is 20.1. The third-order valence-electron chi connectivity index (χ3n) is 5.36. The van der Waals surface area contributed by atoms with E-state index in [-0.39, 0.29) is 0 Å². The highest BCUT2D eigenvalue weighted by molar-refractivity contribution is 5.78. The van der Waals surface area contributed by atoms with E-state index < -0.39 is 0 Å². The topological polar surface area (TPSA) is 76.6 Å². The molecule has 0 bridgehead atoms.